The summed E-state index contributed by atoms with van der Waals surface area (Å²) in [5.41, 5.74) is 12.0. The van der Waals surface area contributed by atoms with Gasteiger partial charge < -0.3 is 31.7 Å². The van der Waals surface area contributed by atoms with E-state index in [1.54, 1.807) is 36.7 Å². The number of ether oxygens (including phenoxy) is 1. The number of aliphatic hydroxyl groups excluding tert-OH is 1. The molecule has 0 saturated carbocycles. The van der Waals surface area contributed by atoms with Gasteiger partial charge in [-0.15, -0.1) is 0 Å². The second-order valence-corrected chi connectivity index (χ2v) is 6.99. The minimum absolute atomic E-state index is 0.174. The maximum atomic E-state index is 11.3. The summed E-state index contributed by atoms with van der Waals surface area (Å²) in [7, 11) is 0. The summed E-state index contributed by atoms with van der Waals surface area (Å²) in [6.07, 6.45) is 3.78. The normalized spacial score (nSPS) is 15.2. The number of hydrogen-bond donors (Lipinski definition) is 5. The molecule has 0 aliphatic rings. The van der Waals surface area contributed by atoms with Gasteiger partial charge in [-0.25, -0.2) is 4.79 Å². The fraction of sp³-hybridized carbons (Fsp3) is 0.429. The molecule has 2 aromatic rings. The number of primary amides is 1. The molecule has 1 aromatic heterocycles. The van der Waals surface area contributed by atoms with Crippen molar-refractivity contribution in [3.63, 3.8) is 0 Å². The van der Waals surface area contributed by atoms with E-state index in [1.807, 2.05) is 19.9 Å². The monoisotopic (exact) mass is 402 g/mol. The second-order valence-electron chi connectivity index (χ2n) is 6.99. The summed E-state index contributed by atoms with van der Waals surface area (Å²) in [6.45, 7) is 3.74. The van der Waals surface area contributed by atoms with Crippen LogP contribution in [0.5, 0.6) is 5.75 Å². The van der Waals surface area contributed by atoms with E-state index in [-0.39, 0.29) is 6.61 Å². The fourth-order valence-electron chi connectivity index (χ4n) is 3.25. The van der Waals surface area contributed by atoms with Crippen LogP contribution in [-0.4, -0.2) is 40.0 Å². The van der Waals surface area contributed by atoms with Crippen LogP contribution in [0.25, 0.3) is 0 Å². The molecule has 0 saturated heterocycles. The molecular weight excluding hydrogens is 372 g/mol. The summed E-state index contributed by atoms with van der Waals surface area (Å²) in [6, 6.07) is 7.04. The minimum atomic E-state index is -1.45. The van der Waals surface area contributed by atoms with Gasteiger partial charge in [-0.3, -0.25) is 4.98 Å². The first-order valence-corrected chi connectivity index (χ1v) is 9.70. The first-order chi connectivity index (χ1) is 13.8. The molecule has 7 N–H and O–H groups in total. The lowest BCUT2D eigenvalue weighted by Gasteiger charge is -2.36. The standard InChI is InChI=1S/C21H30N4O4/c1-3-9-21(28,15-6-5-10-24-12-15)19(22)17(26)13-29-18-8-7-14(4-2)11-16(18)25-20(23)27/h5-8,10-12,17,19,26,28H,3-4,9,13,22H2,1-2H3,(H3,23,25,27). The van der Waals surface area contributed by atoms with Crippen molar-refractivity contribution in [1.29, 1.82) is 0 Å². The lowest BCUT2D eigenvalue weighted by Crippen LogP contribution is -2.54. The number of nitrogens with one attached hydrogen (secondary N) is 1. The molecule has 8 heteroatoms. The number of amides is 2. The summed E-state index contributed by atoms with van der Waals surface area (Å²) < 4.78 is 5.70. The van der Waals surface area contributed by atoms with E-state index in [9.17, 15) is 15.0 Å². The van der Waals surface area contributed by atoms with Gasteiger partial charge in [0.25, 0.3) is 0 Å². The van der Waals surface area contributed by atoms with E-state index >= 15 is 0 Å². The number of aryl methyl sites for hydroxylation is 1. The predicted octanol–water partition coefficient (Wildman–Crippen LogP) is 1.89. The molecule has 29 heavy (non-hydrogen) atoms. The number of carbonyl (C=O) groups excluding carboxylic acids is 1. The third-order valence-corrected chi connectivity index (χ3v) is 4.88. The molecule has 1 aromatic carbocycles. The van der Waals surface area contributed by atoms with Crippen LogP contribution >= 0.6 is 0 Å². The Labute approximate surface area is 170 Å². The molecule has 0 spiro atoms. The van der Waals surface area contributed by atoms with Gasteiger partial charge in [-0.1, -0.05) is 32.4 Å². The van der Waals surface area contributed by atoms with Crippen LogP contribution in [0.1, 0.15) is 37.8 Å². The average Bonchev–Trinajstić information content (AvgIpc) is 2.72. The highest BCUT2D eigenvalue weighted by molar-refractivity contribution is 5.89. The van der Waals surface area contributed by atoms with Crippen LogP contribution in [-0.2, 0) is 12.0 Å². The van der Waals surface area contributed by atoms with Gasteiger partial charge in [0, 0.05) is 18.0 Å². The van der Waals surface area contributed by atoms with E-state index in [0.717, 1.165) is 12.0 Å². The molecule has 0 radical (unpaired) electrons. The Balaban J connectivity index is 2.17. The Kier molecular flexibility index (Phi) is 7.95. The number of anilines is 1. The molecule has 2 rings (SSSR count). The molecule has 8 nitrogen and oxygen atoms in total. The van der Waals surface area contributed by atoms with Gasteiger partial charge >= 0.3 is 6.03 Å². The van der Waals surface area contributed by atoms with Crippen LogP contribution < -0.4 is 21.5 Å². The van der Waals surface area contributed by atoms with Gasteiger partial charge in [0.1, 0.15) is 24.1 Å². The van der Waals surface area contributed by atoms with Crippen LogP contribution in [0.4, 0.5) is 10.5 Å². The van der Waals surface area contributed by atoms with Gasteiger partial charge in [0.05, 0.1) is 11.7 Å². The maximum Gasteiger partial charge on any atom is 0.316 e. The molecule has 1 heterocycles. The quantitative estimate of drug-likeness (QED) is 0.410. The van der Waals surface area contributed by atoms with Crippen molar-refractivity contribution in [3.8, 4) is 5.75 Å². The molecule has 0 fully saturated rings. The van der Waals surface area contributed by atoms with Crippen molar-refractivity contribution >= 4 is 11.7 Å². The third kappa shape index (κ3) is 5.66. The number of urea groups is 1. The number of pyridine rings is 1. The first-order valence-electron chi connectivity index (χ1n) is 9.70. The van der Waals surface area contributed by atoms with Crippen LogP contribution in [0.15, 0.2) is 42.7 Å². The van der Waals surface area contributed by atoms with E-state index < -0.39 is 23.8 Å². The minimum Gasteiger partial charge on any atom is -0.489 e. The molecule has 0 aliphatic heterocycles. The maximum absolute atomic E-state index is 11.3. The molecule has 0 aliphatic carbocycles. The number of carbonyl (C=O) groups is 1. The number of rotatable bonds is 10. The van der Waals surface area contributed by atoms with Crippen molar-refractivity contribution in [2.75, 3.05) is 11.9 Å². The molecule has 3 unspecified atom stereocenters. The summed E-state index contributed by atoms with van der Waals surface area (Å²) in [4.78, 5) is 15.3. The van der Waals surface area contributed by atoms with Crippen LogP contribution in [0.2, 0.25) is 0 Å². The fourth-order valence-corrected chi connectivity index (χ4v) is 3.25. The SMILES string of the molecule is CCCC(O)(c1cccnc1)C(N)C(O)COc1ccc(CC)cc1NC(N)=O. The number of benzene rings is 1. The Morgan fingerprint density at radius 2 is 2.10 bits per heavy atom. The zero-order chi connectivity index (χ0) is 21.4. The van der Waals surface area contributed by atoms with E-state index in [2.05, 4.69) is 10.3 Å². The van der Waals surface area contributed by atoms with Crippen molar-refractivity contribution < 1.29 is 19.7 Å². The first kappa shape index (κ1) is 22.6. The van der Waals surface area contributed by atoms with Crippen LogP contribution in [0.3, 0.4) is 0 Å². The van der Waals surface area contributed by atoms with Gasteiger partial charge in [0.15, 0.2) is 0 Å². The smallest absolute Gasteiger partial charge is 0.316 e. The Morgan fingerprint density at radius 3 is 2.69 bits per heavy atom. The van der Waals surface area contributed by atoms with Gasteiger partial charge in [-0.2, -0.15) is 0 Å². The topological polar surface area (TPSA) is 144 Å². The highest BCUT2D eigenvalue weighted by Gasteiger charge is 2.40. The Bertz CT molecular complexity index is 803. The van der Waals surface area contributed by atoms with Gasteiger partial charge in [-0.05, 0) is 36.6 Å². The number of aromatic nitrogens is 1. The number of nitrogens with zero attached hydrogens (tertiary/aromatic N) is 1. The van der Waals surface area contributed by atoms with E-state index in [1.165, 1.54) is 0 Å². The highest BCUT2D eigenvalue weighted by Crippen LogP contribution is 2.31. The van der Waals surface area contributed by atoms with Crippen molar-refractivity contribution in [2.24, 2.45) is 11.5 Å². The van der Waals surface area contributed by atoms with Crippen molar-refractivity contribution in [1.82, 2.24) is 4.98 Å². The lowest BCUT2D eigenvalue weighted by atomic mass is 9.81. The summed E-state index contributed by atoms with van der Waals surface area (Å²) in [5.74, 6) is 0.354. The molecular formula is C21H30N4O4. The molecule has 0 bridgehead atoms. The lowest BCUT2D eigenvalue weighted by molar-refractivity contribution is -0.0544. The third-order valence-electron chi connectivity index (χ3n) is 4.88. The summed E-state index contributed by atoms with van der Waals surface area (Å²) in [5, 5.41) is 24.4. The average molecular weight is 402 g/mol. The highest BCUT2D eigenvalue weighted by atomic mass is 16.5. The zero-order valence-electron chi connectivity index (χ0n) is 16.8. The zero-order valence-corrected chi connectivity index (χ0v) is 16.8. The Morgan fingerprint density at radius 1 is 1.34 bits per heavy atom. The second kappa shape index (κ2) is 10.2. The van der Waals surface area contributed by atoms with E-state index in [4.69, 9.17) is 16.2 Å². The molecule has 2 amide bonds. The van der Waals surface area contributed by atoms with Gasteiger partial charge in [0.2, 0.25) is 0 Å². The molecule has 3 atom stereocenters. The van der Waals surface area contributed by atoms with E-state index in [0.29, 0.717) is 29.8 Å². The van der Waals surface area contributed by atoms with Crippen molar-refractivity contribution in [2.45, 2.75) is 50.9 Å². The van der Waals surface area contributed by atoms with Crippen molar-refractivity contribution in [3.05, 3.63) is 53.9 Å². The predicted molar refractivity (Wildman–Crippen MR) is 112 cm³/mol. The largest absolute Gasteiger partial charge is 0.489 e. The number of hydrogen-bond acceptors (Lipinski definition) is 6. The summed E-state index contributed by atoms with van der Waals surface area (Å²) >= 11 is 0. The number of nitrogens with two attached hydrogens (primary N) is 2. The Hall–Kier alpha value is -2.68. The van der Waals surface area contributed by atoms with Crippen LogP contribution in [0, 0.1) is 0 Å². The number of aliphatic hydroxyl groups is 2. The molecule has 158 valence electrons.